The maximum Gasteiger partial charge on any atom is 0.311 e. The molecular weight excluding hydrogens is 1220 g/mol. The van der Waals surface area contributed by atoms with Crippen LogP contribution in [-0.4, -0.2) is 259 Å². The highest BCUT2D eigenvalue weighted by Crippen LogP contribution is 2.40. The van der Waals surface area contributed by atoms with Crippen LogP contribution in [-0.2, 0) is 48.0 Å². The molecule has 4 saturated heterocycles. The fourth-order valence-electron chi connectivity index (χ4n) is 14.8. The summed E-state index contributed by atoms with van der Waals surface area (Å²) in [6.45, 7) is 27.8. The molecule has 11 N–H and O–H groups in total. The second kappa shape index (κ2) is 32.7. The predicted octanol–water partition coefficient (Wildman–Crippen LogP) is 3.52. The largest absolute Gasteiger partial charge is 0.459 e. The highest BCUT2D eigenvalue weighted by molar-refractivity contribution is 7.89. The van der Waals surface area contributed by atoms with Gasteiger partial charge in [-0.2, -0.15) is 4.31 Å². The summed E-state index contributed by atoms with van der Waals surface area (Å²) in [6, 6.07) is 9.95. The predicted molar refractivity (Wildman–Crippen MR) is 350 cm³/mol. The molecule has 536 valence electrons. The normalized spacial score (nSPS) is 44.2. The number of cyclic esters (lactones) is 2. The van der Waals surface area contributed by atoms with Gasteiger partial charge in [-0.25, -0.2) is 8.42 Å². The van der Waals surface area contributed by atoms with Crippen LogP contribution in [0.3, 0.4) is 0 Å². The minimum absolute atomic E-state index is 0.0671. The Morgan fingerprint density at radius 3 is 1.41 bits per heavy atom. The summed E-state index contributed by atoms with van der Waals surface area (Å²) in [7, 11) is 2.69. The highest BCUT2D eigenvalue weighted by atomic mass is 32.2. The molecule has 0 unspecified atom stereocenters. The average molecular weight is 1340 g/mol. The number of aliphatic hydroxyl groups excluding tert-OH is 6. The number of carbonyl (C=O) groups is 2. The molecule has 25 heteroatoms. The van der Waals surface area contributed by atoms with Crippen molar-refractivity contribution in [1.82, 2.24) is 19.4 Å². The van der Waals surface area contributed by atoms with E-state index in [1.54, 1.807) is 88.5 Å². The van der Waals surface area contributed by atoms with Gasteiger partial charge in [0.25, 0.3) is 0 Å². The first kappa shape index (κ1) is 80.6. The molecule has 0 radical (unpaired) electrons. The molecule has 4 aliphatic heterocycles. The Bertz CT molecular complexity index is 2810. The van der Waals surface area contributed by atoms with Crippen molar-refractivity contribution in [2.45, 2.75) is 287 Å². The van der Waals surface area contributed by atoms with Crippen LogP contribution in [0, 0.1) is 35.5 Å². The lowest BCUT2D eigenvalue weighted by molar-refractivity contribution is -0.297. The number of ether oxygens (including phenoxy) is 6. The van der Waals surface area contributed by atoms with E-state index in [4.69, 9.17) is 28.4 Å². The lowest BCUT2D eigenvalue weighted by atomic mass is 9.78. The SMILES string of the molecule is CC[C@H]1OC(=O)[C@H](C)[C@@H](O)[C@H](C)[C@@H](O[C@@H]2O[C@H](C)C[C@H](N(C)S(=O)(=O)c3ccc4ccccc4c3)[C@H]2O)[C@](C)(O)C[C@@H](C)CN(C)[C@H](C)[C@@H](O)[C@]1(C)O.CC[C@H]1OC(=O)[C@H](C)[C@@H](O)[C@H](C)[C@@H](O[C@@H]2O[C@H](C)C[C@H](NC)[C@H]2O)[C@](C)(O)C[C@@H](C)CN(C)[C@H](C)[C@@H](O)[C@]1(C)O. The molecule has 0 amide bonds. The third-order valence-corrected chi connectivity index (χ3v) is 22.7. The molecule has 0 bridgehead atoms. The van der Waals surface area contributed by atoms with Crippen molar-refractivity contribution < 1.29 is 97.5 Å². The molecule has 4 aliphatic rings. The smallest absolute Gasteiger partial charge is 0.311 e. The van der Waals surface area contributed by atoms with E-state index in [0.717, 1.165) is 15.1 Å². The molecule has 2 aromatic carbocycles. The lowest BCUT2D eigenvalue weighted by Crippen LogP contribution is -2.60. The van der Waals surface area contributed by atoms with Gasteiger partial charge in [0.15, 0.2) is 12.6 Å². The molecule has 6 rings (SSSR count). The van der Waals surface area contributed by atoms with Crippen LogP contribution in [0.4, 0.5) is 0 Å². The Morgan fingerprint density at radius 1 is 0.602 bits per heavy atom. The molecule has 0 aromatic heterocycles. The van der Waals surface area contributed by atoms with Gasteiger partial charge in [-0.1, -0.05) is 71.9 Å². The number of hydrogen-bond acceptors (Lipinski definition) is 23. The fraction of sp³-hybridized carbons (Fsp3) is 0.824. The number of nitrogens with one attached hydrogen (secondary N) is 1. The van der Waals surface area contributed by atoms with Gasteiger partial charge in [0, 0.05) is 50.1 Å². The van der Waals surface area contributed by atoms with E-state index in [0.29, 0.717) is 19.5 Å². The monoisotopic (exact) mass is 1340 g/mol. The number of benzene rings is 2. The van der Waals surface area contributed by atoms with Crippen molar-refractivity contribution in [2.75, 3.05) is 41.3 Å². The minimum atomic E-state index is -4.09. The number of fused-ring (bicyclic) bond motifs is 1. The van der Waals surface area contributed by atoms with Gasteiger partial charge in [-0.05, 0) is 164 Å². The molecule has 0 saturated carbocycles. The number of likely N-dealkylation sites (N-methyl/N-ethyl adjacent to an activating group) is 4. The lowest BCUT2D eigenvalue weighted by Gasteiger charge is -2.46. The van der Waals surface area contributed by atoms with Gasteiger partial charge in [-0.15, -0.1) is 0 Å². The Kier molecular flexibility index (Phi) is 28.3. The van der Waals surface area contributed by atoms with E-state index in [2.05, 4.69) is 5.32 Å². The molecule has 4 heterocycles. The summed E-state index contributed by atoms with van der Waals surface area (Å²) in [6.07, 6.45) is -13.8. The summed E-state index contributed by atoms with van der Waals surface area (Å²) in [5.41, 5.74) is -6.73. The third-order valence-electron chi connectivity index (χ3n) is 20.9. The zero-order valence-electron chi connectivity index (χ0n) is 58.9. The molecule has 0 spiro atoms. The average Bonchev–Trinajstić information content (AvgIpc) is 1.34. The molecule has 0 aliphatic carbocycles. The quantitative estimate of drug-likeness (QED) is 0.152. The van der Waals surface area contributed by atoms with Gasteiger partial charge in [-0.3, -0.25) is 9.59 Å². The molecule has 2 aromatic rings. The van der Waals surface area contributed by atoms with Crippen molar-refractivity contribution in [2.24, 2.45) is 35.5 Å². The molecule has 93 heavy (non-hydrogen) atoms. The van der Waals surface area contributed by atoms with Crippen LogP contribution in [0.15, 0.2) is 47.4 Å². The van der Waals surface area contributed by atoms with Crippen LogP contribution >= 0.6 is 0 Å². The summed E-state index contributed by atoms with van der Waals surface area (Å²) in [5, 5.41) is 120. The summed E-state index contributed by atoms with van der Waals surface area (Å²) >= 11 is 0. The maximum atomic E-state index is 14.0. The van der Waals surface area contributed by atoms with E-state index in [1.165, 1.54) is 40.8 Å². The van der Waals surface area contributed by atoms with Crippen LogP contribution < -0.4 is 5.32 Å². The van der Waals surface area contributed by atoms with Crippen LogP contribution in [0.5, 0.6) is 0 Å². The number of sulfonamides is 1. The minimum Gasteiger partial charge on any atom is -0.459 e. The van der Waals surface area contributed by atoms with Crippen LogP contribution in [0.2, 0.25) is 0 Å². The van der Waals surface area contributed by atoms with E-state index in [1.807, 2.05) is 61.9 Å². The van der Waals surface area contributed by atoms with E-state index in [-0.39, 0.29) is 61.0 Å². The van der Waals surface area contributed by atoms with Crippen molar-refractivity contribution in [1.29, 1.82) is 0 Å². The second-order valence-electron chi connectivity index (χ2n) is 29.2. The van der Waals surface area contributed by atoms with Crippen molar-refractivity contribution in [3.05, 3.63) is 42.5 Å². The van der Waals surface area contributed by atoms with Crippen LogP contribution in [0.25, 0.3) is 10.8 Å². The zero-order chi connectivity index (χ0) is 70.5. The third kappa shape index (κ3) is 18.8. The van der Waals surface area contributed by atoms with Crippen molar-refractivity contribution in [3.8, 4) is 0 Å². The standard InChI is InChI=1S/C39H62N2O11S.C29H56N2O9/c1-11-31-39(8,47)34(44)26(6)40(9)21-22(2)20-38(7,46)35(24(4)32(42)25(5)36(45)51-31)52-37-33(43)30(18-23(3)50-37)41(10)53(48,49)29-17-16-27-14-12-13-15-28(27)19-29;1-11-21-29(8,37)24(34)19(6)31(10)14-15(2)13-28(7,36)25(17(4)22(32)18(5)26(35)39-21)40-27-23(33)20(30-9)12-16(3)38-27/h12-17,19,22-26,30-35,37,42-44,46-47H,11,18,20-21H2,1-10H3;15-25,27,30,32-34,36-37H,11-14H2,1-10H3/t22-,23-,24+,25-,26-,30+,31-,32+,33-,34-,35-,37+,38-,39-;15-,16-,17+,18-,19-,20+,21-,22+,23-,24-,25-,27+,28-,29-/m11/s1. The van der Waals surface area contributed by atoms with Gasteiger partial charge < -0.3 is 94.6 Å². The number of nitrogens with zero attached hydrogens (tertiary/aromatic N) is 3. The molecule has 24 nitrogen and oxygen atoms in total. The Labute approximate surface area is 553 Å². The fourth-order valence-corrected chi connectivity index (χ4v) is 16.2. The first-order valence-corrected chi connectivity index (χ1v) is 34.9. The van der Waals surface area contributed by atoms with Gasteiger partial charge >= 0.3 is 11.9 Å². The van der Waals surface area contributed by atoms with E-state index in [9.17, 15) is 69.1 Å². The topological polar surface area (TPSA) is 348 Å². The van der Waals surface area contributed by atoms with E-state index >= 15 is 0 Å². The number of esters is 2. The van der Waals surface area contributed by atoms with Crippen LogP contribution in [0.1, 0.15) is 149 Å². The Hall–Kier alpha value is -3.13. The molecular formula is C68H118N4O20S. The summed E-state index contributed by atoms with van der Waals surface area (Å²) < 4.78 is 65.3. The number of rotatable bonds is 10. The van der Waals surface area contributed by atoms with Crippen molar-refractivity contribution in [3.63, 3.8) is 0 Å². The Morgan fingerprint density at radius 2 is 1.00 bits per heavy atom. The first-order valence-electron chi connectivity index (χ1n) is 33.5. The number of hydrogen-bond donors (Lipinski definition) is 11. The summed E-state index contributed by atoms with van der Waals surface area (Å²) in [4.78, 5) is 30.6. The first-order chi connectivity index (χ1) is 42.9. The molecule has 28 atom stereocenters. The summed E-state index contributed by atoms with van der Waals surface area (Å²) in [5.74, 6) is -5.78. The molecule has 4 fully saturated rings. The number of carbonyl (C=O) groups excluding carboxylic acids is 2. The maximum absolute atomic E-state index is 14.0. The highest BCUT2D eigenvalue weighted by Gasteiger charge is 2.53. The van der Waals surface area contributed by atoms with E-state index < -0.39 is 166 Å². The van der Waals surface area contributed by atoms with Crippen molar-refractivity contribution >= 4 is 32.7 Å². The zero-order valence-corrected chi connectivity index (χ0v) is 59.7. The van der Waals surface area contributed by atoms with Gasteiger partial charge in [0.05, 0.1) is 70.6 Å². The number of aliphatic hydroxyl groups is 10. The second-order valence-corrected chi connectivity index (χ2v) is 31.2. The Balaban J connectivity index is 0.000000351. The van der Waals surface area contributed by atoms with Gasteiger partial charge in [0.1, 0.15) is 47.8 Å². The van der Waals surface area contributed by atoms with Gasteiger partial charge in [0.2, 0.25) is 10.0 Å².